The summed E-state index contributed by atoms with van der Waals surface area (Å²) in [7, 11) is 3.78. The molecule has 2 aliphatic heterocycles. The summed E-state index contributed by atoms with van der Waals surface area (Å²) in [5.74, 6) is 0.438. The van der Waals surface area contributed by atoms with Gasteiger partial charge in [0.15, 0.2) is 0 Å². The Morgan fingerprint density at radius 1 is 1.14 bits per heavy atom. The minimum absolute atomic E-state index is 0.0363. The molecule has 0 aromatic heterocycles. The normalized spacial score (nSPS) is 26.4. The maximum absolute atomic E-state index is 13.3. The SMILES string of the molecule is CN(C)CC(=O)N1CC2(C1)[C@H](c1ccccc1)[C@@H](CO)N2C(=O)C1CCCC1. The van der Waals surface area contributed by atoms with E-state index in [9.17, 15) is 14.7 Å². The number of aliphatic hydroxyl groups excluding tert-OH is 1. The molecule has 3 fully saturated rings. The number of nitrogens with zero attached hydrogens (tertiary/aromatic N) is 3. The van der Waals surface area contributed by atoms with Gasteiger partial charge in [-0.1, -0.05) is 43.2 Å². The van der Waals surface area contributed by atoms with Crippen molar-refractivity contribution in [3.63, 3.8) is 0 Å². The number of likely N-dealkylation sites (tertiary alicyclic amines) is 2. The van der Waals surface area contributed by atoms with Gasteiger partial charge < -0.3 is 19.8 Å². The second kappa shape index (κ2) is 7.48. The fraction of sp³-hybridized carbons (Fsp3) is 0.636. The largest absolute Gasteiger partial charge is 0.394 e. The third-order valence-corrected chi connectivity index (χ3v) is 6.80. The summed E-state index contributed by atoms with van der Waals surface area (Å²) in [5, 5.41) is 10.1. The van der Waals surface area contributed by atoms with E-state index < -0.39 is 0 Å². The van der Waals surface area contributed by atoms with Crippen molar-refractivity contribution in [3.05, 3.63) is 35.9 Å². The van der Waals surface area contributed by atoms with Crippen molar-refractivity contribution in [2.45, 2.75) is 43.2 Å². The highest BCUT2D eigenvalue weighted by atomic mass is 16.3. The molecule has 4 rings (SSSR count). The zero-order valence-corrected chi connectivity index (χ0v) is 16.9. The first-order chi connectivity index (χ1) is 13.5. The van der Waals surface area contributed by atoms with Crippen LogP contribution in [0.2, 0.25) is 0 Å². The lowest BCUT2D eigenvalue weighted by atomic mass is 9.60. The van der Waals surface area contributed by atoms with Crippen molar-refractivity contribution in [2.24, 2.45) is 5.92 Å². The van der Waals surface area contributed by atoms with E-state index in [1.807, 2.05) is 47.0 Å². The first-order valence-electron chi connectivity index (χ1n) is 10.4. The van der Waals surface area contributed by atoms with Crippen molar-refractivity contribution in [1.82, 2.24) is 14.7 Å². The van der Waals surface area contributed by atoms with Crippen LogP contribution in [0.5, 0.6) is 0 Å². The molecule has 2 saturated heterocycles. The number of rotatable bonds is 5. The fourth-order valence-electron chi connectivity index (χ4n) is 5.55. The van der Waals surface area contributed by atoms with Gasteiger partial charge in [-0.2, -0.15) is 0 Å². The summed E-state index contributed by atoms with van der Waals surface area (Å²) < 4.78 is 0. The van der Waals surface area contributed by atoms with Crippen LogP contribution in [0.3, 0.4) is 0 Å². The minimum atomic E-state index is -0.365. The summed E-state index contributed by atoms with van der Waals surface area (Å²) in [5.41, 5.74) is 0.785. The number of hydrogen-bond acceptors (Lipinski definition) is 4. The summed E-state index contributed by atoms with van der Waals surface area (Å²) in [6.45, 7) is 1.47. The maximum Gasteiger partial charge on any atom is 0.236 e. The van der Waals surface area contributed by atoms with Gasteiger partial charge in [0.05, 0.1) is 24.7 Å². The molecular formula is C22H31N3O3. The summed E-state index contributed by atoms with van der Waals surface area (Å²) >= 11 is 0. The first kappa shape index (κ1) is 19.4. The lowest BCUT2D eigenvalue weighted by molar-refractivity contribution is -0.206. The smallest absolute Gasteiger partial charge is 0.236 e. The number of likely N-dealkylation sites (N-methyl/N-ethyl adjacent to an activating group) is 1. The number of hydrogen-bond donors (Lipinski definition) is 1. The number of amides is 2. The van der Waals surface area contributed by atoms with Gasteiger partial charge in [-0.25, -0.2) is 0 Å². The molecule has 1 aromatic carbocycles. The molecule has 2 amide bonds. The fourth-order valence-corrected chi connectivity index (χ4v) is 5.55. The molecule has 0 bridgehead atoms. The molecule has 1 spiro atoms. The zero-order valence-electron chi connectivity index (χ0n) is 16.9. The minimum Gasteiger partial charge on any atom is -0.394 e. The van der Waals surface area contributed by atoms with Crippen LogP contribution in [0.25, 0.3) is 0 Å². The zero-order chi connectivity index (χ0) is 19.9. The van der Waals surface area contributed by atoms with Gasteiger partial charge in [-0.3, -0.25) is 9.59 Å². The molecule has 0 unspecified atom stereocenters. The third kappa shape index (κ3) is 3.03. The van der Waals surface area contributed by atoms with E-state index in [1.54, 1.807) is 0 Å². The Morgan fingerprint density at radius 2 is 1.79 bits per heavy atom. The van der Waals surface area contributed by atoms with Gasteiger partial charge in [0.1, 0.15) is 0 Å². The van der Waals surface area contributed by atoms with Crippen molar-refractivity contribution in [2.75, 3.05) is 40.3 Å². The number of aliphatic hydroxyl groups is 1. The average Bonchev–Trinajstić information content (AvgIpc) is 3.15. The van der Waals surface area contributed by atoms with Crippen LogP contribution in [-0.4, -0.2) is 83.5 Å². The molecular weight excluding hydrogens is 354 g/mol. The quantitative estimate of drug-likeness (QED) is 0.830. The van der Waals surface area contributed by atoms with Crippen LogP contribution in [0.1, 0.15) is 37.2 Å². The molecule has 3 aliphatic rings. The van der Waals surface area contributed by atoms with Gasteiger partial charge >= 0.3 is 0 Å². The Balaban J connectivity index is 1.60. The highest BCUT2D eigenvalue weighted by Crippen LogP contribution is 2.54. The van der Waals surface area contributed by atoms with E-state index in [0.717, 1.165) is 31.2 Å². The molecule has 6 nitrogen and oxygen atoms in total. The van der Waals surface area contributed by atoms with Crippen LogP contribution in [-0.2, 0) is 9.59 Å². The second-order valence-electron chi connectivity index (χ2n) is 8.92. The van der Waals surface area contributed by atoms with Crippen LogP contribution in [0.15, 0.2) is 30.3 Å². The molecule has 1 aliphatic carbocycles. The van der Waals surface area contributed by atoms with E-state index in [2.05, 4.69) is 12.1 Å². The van der Waals surface area contributed by atoms with E-state index >= 15 is 0 Å². The molecule has 1 N–H and O–H groups in total. The number of carbonyl (C=O) groups is 2. The topological polar surface area (TPSA) is 64.1 Å². The third-order valence-electron chi connectivity index (χ3n) is 6.80. The Bertz CT molecular complexity index is 724. The van der Waals surface area contributed by atoms with Crippen molar-refractivity contribution in [1.29, 1.82) is 0 Å². The van der Waals surface area contributed by atoms with Crippen LogP contribution in [0, 0.1) is 5.92 Å². The molecule has 152 valence electrons. The lowest BCUT2D eigenvalue weighted by Gasteiger charge is -2.70. The molecule has 28 heavy (non-hydrogen) atoms. The highest BCUT2D eigenvalue weighted by molar-refractivity contribution is 5.85. The second-order valence-corrected chi connectivity index (χ2v) is 8.92. The monoisotopic (exact) mass is 385 g/mol. The van der Waals surface area contributed by atoms with Crippen molar-refractivity contribution in [3.8, 4) is 0 Å². The molecule has 2 atom stereocenters. The Kier molecular flexibility index (Phi) is 5.19. The van der Waals surface area contributed by atoms with Gasteiger partial charge in [-0.15, -0.1) is 0 Å². The van der Waals surface area contributed by atoms with E-state index in [-0.39, 0.29) is 41.8 Å². The summed E-state index contributed by atoms with van der Waals surface area (Å²) in [6.07, 6.45) is 4.11. The molecule has 6 heteroatoms. The summed E-state index contributed by atoms with van der Waals surface area (Å²) in [6, 6.07) is 9.96. The first-order valence-corrected chi connectivity index (χ1v) is 10.4. The van der Waals surface area contributed by atoms with Gasteiger partial charge in [0.2, 0.25) is 11.8 Å². The van der Waals surface area contributed by atoms with Gasteiger partial charge in [0.25, 0.3) is 0 Å². The Morgan fingerprint density at radius 3 is 2.36 bits per heavy atom. The Labute approximate surface area is 167 Å². The van der Waals surface area contributed by atoms with Crippen molar-refractivity contribution >= 4 is 11.8 Å². The predicted molar refractivity (Wildman–Crippen MR) is 107 cm³/mol. The van der Waals surface area contributed by atoms with Crippen LogP contribution in [0.4, 0.5) is 0 Å². The summed E-state index contributed by atoms with van der Waals surface area (Å²) in [4.78, 5) is 31.6. The van der Waals surface area contributed by atoms with Crippen molar-refractivity contribution < 1.29 is 14.7 Å². The molecule has 2 heterocycles. The lowest BCUT2D eigenvalue weighted by Crippen LogP contribution is -2.86. The predicted octanol–water partition coefficient (Wildman–Crippen LogP) is 1.31. The average molecular weight is 386 g/mol. The maximum atomic E-state index is 13.3. The van der Waals surface area contributed by atoms with Gasteiger partial charge in [-0.05, 0) is 32.5 Å². The number of carbonyl (C=O) groups excluding carboxylic acids is 2. The standard InChI is InChI=1S/C22H31N3O3/c1-23(2)12-19(27)24-14-22(15-24)20(16-8-4-3-5-9-16)18(13-26)25(22)21(28)17-10-6-7-11-17/h3-5,8-9,17-18,20,26H,6-7,10-15H2,1-2H3/t18-,20-/m1/s1. The number of benzene rings is 1. The van der Waals surface area contributed by atoms with Crippen LogP contribution < -0.4 is 0 Å². The van der Waals surface area contributed by atoms with Gasteiger partial charge in [0, 0.05) is 24.9 Å². The highest BCUT2D eigenvalue weighted by Gasteiger charge is 2.68. The van der Waals surface area contributed by atoms with Crippen LogP contribution >= 0.6 is 0 Å². The molecule has 1 aromatic rings. The molecule has 1 saturated carbocycles. The van der Waals surface area contributed by atoms with E-state index in [4.69, 9.17) is 0 Å². The van der Waals surface area contributed by atoms with E-state index in [0.29, 0.717) is 19.6 Å². The Hall–Kier alpha value is -1.92. The van der Waals surface area contributed by atoms with E-state index in [1.165, 1.54) is 0 Å². The molecule has 0 radical (unpaired) electrons.